The second-order valence-electron chi connectivity index (χ2n) is 3.87. The highest BCUT2D eigenvalue weighted by Crippen LogP contribution is 2.24. The lowest BCUT2D eigenvalue weighted by molar-refractivity contribution is -0.137. The number of rotatable bonds is 5. The SMILES string of the molecule is COc1ccc2cc(OCCC(=O)O)ccc2c1. The van der Waals surface area contributed by atoms with Gasteiger partial charge < -0.3 is 14.6 Å². The zero-order valence-corrected chi connectivity index (χ0v) is 10.1. The van der Waals surface area contributed by atoms with Gasteiger partial charge >= 0.3 is 5.97 Å². The lowest BCUT2D eigenvalue weighted by Gasteiger charge is -2.07. The number of carboxylic acids is 1. The Kier molecular flexibility index (Phi) is 3.67. The number of carbonyl (C=O) groups is 1. The summed E-state index contributed by atoms with van der Waals surface area (Å²) >= 11 is 0. The molecule has 0 atom stereocenters. The molecule has 2 aromatic rings. The molecule has 0 aromatic heterocycles. The average Bonchev–Trinajstić information content (AvgIpc) is 2.37. The van der Waals surface area contributed by atoms with E-state index < -0.39 is 5.97 Å². The van der Waals surface area contributed by atoms with E-state index in [1.165, 1.54) is 0 Å². The zero-order chi connectivity index (χ0) is 13.0. The van der Waals surface area contributed by atoms with Crippen LogP contribution in [0.2, 0.25) is 0 Å². The van der Waals surface area contributed by atoms with Gasteiger partial charge in [0.15, 0.2) is 0 Å². The first-order chi connectivity index (χ1) is 8.69. The minimum absolute atomic E-state index is 0.000645. The number of hydrogen-bond donors (Lipinski definition) is 1. The Morgan fingerprint density at radius 2 is 1.72 bits per heavy atom. The van der Waals surface area contributed by atoms with Crippen molar-refractivity contribution in [2.45, 2.75) is 6.42 Å². The van der Waals surface area contributed by atoms with Crippen molar-refractivity contribution in [3.05, 3.63) is 36.4 Å². The minimum atomic E-state index is -0.861. The molecule has 0 spiro atoms. The minimum Gasteiger partial charge on any atom is -0.497 e. The van der Waals surface area contributed by atoms with E-state index in [9.17, 15) is 4.79 Å². The van der Waals surface area contributed by atoms with Crippen LogP contribution in [0.5, 0.6) is 11.5 Å². The summed E-state index contributed by atoms with van der Waals surface area (Å²) in [6.45, 7) is 0.178. The van der Waals surface area contributed by atoms with Gasteiger partial charge in [0.1, 0.15) is 11.5 Å². The maximum absolute atomic E-state index is 10.4. The lowest BCUT2D eigenvalue weighted by atomic mass is 10.1. The molecule has 0 fully saturated rings. The fourth-order valence-electron chi connectivity index (χ4n) is 1.67. The molecule has 18 heavy (non-hydrogen) atoms. The molecule has 0 radical (unpaired) electrons. The fraction of sp³-hybridized carbons (Fsp3) is 0.214. The van der Waals surface area contributed by atoms with Crippen LogP contribution in [0, 0.1) is 0 Å². The molecule has 0 saturated carbocycles. The first kappa shape index (κ1) is 12.2. The van der Waals surface area contributed by atoms with Gasteiger partial charge in [0.2, 0.25) is 0 Å². The number of fused-ring (bicyclic) bond motifs is 1. The van der Waals surface area contributed by atoms with E-state index in [1.807, 2.05) is 36.4 Å². The van der Waals surface area contributed by atoms with Crippen LogP contribution in [0.3, 0.4) is 0 Å². The predicted molar refractivity (Wildman–Crippen MR) is 68.2 cm³/mol. The van der Waals surface area contributed by atoms with Crippen LogP contribution in [-0.4, -0.2) is 24.8 Å². The van der Waals surface area contributed by atoms with Crippen LogP contribution in [0.4, 0.5) is 0 Å². The van der Waals surface area contributed by atoms with Gasteiger partial charge in [0, 0.05) is 0 Å². The molecule has 2 rings (SSSR count). The Morgan fingerprint density at radius 3 is 2.33 bits per heavy atom. The summed E-state index contributed by atoms with van der Waals surface area (Å²) < 4.78 is 10.5. The summed E-state index contributed by atoms with van der Waals surface area (Å²) in [5.74, 6) is 0.622. The molecular weight excluding hydrogens is 232 g/mol. The maximum atomic E-state index is 10.4. The molecule has 4 nitrogen and oxygen atoms in total. The van der Waals surface area contributed by atoms with Crippen LogP contribution in [0.15, 0.2) is 36.4 Å². The largest absolute Gasteiger partial charge is 0.497 e. The highest BCUT2D eigenvalue weighted by atomic mass is 16.5. The van der Waals surface area contributed by atoms with Gasteiger partial charge in [-0.05, 0) is 35.0 Å². The molecule has 4 heteroatoms. The monoisotopic (exact) mass is 246 g/mol. The molecule has 0 aliphatic carbocycles. The molecule has 0 saturated heterocycles. The summed E-state index contributed by atoms with van der Waals surface area (Å²) in [6.07, 6.45) is 0.000645. The van der Waals surface area contributed by atoms with Crippen LogP contribution in [0.1, 0.15) is 6.42 Å². The van der Waals surface area contributed by atoms with Gasteiger partial charge in [0.05, 0.1) is 20.1 Å². The van der Waals surface area contributed by atoms with Crippen molar-refractivity contribution in [3.63, 3.8) is 0 Å². The first-order valence-corrected chi connectivity index (χ1v) is 5.61. The smallest absolute Gasteiger partial charge is 0.306 e. The summed E-state index contributed by atoms with van der Waals surface area (Å²) in [5, 5.41) is 10.6. The normalized spacial score (nSPS) is 10.3. The molecule has 0 amide bonds. The topological polar surface area (TPSA) is 55.8 Å². The Labute approximate surface area is 105 Å². The van der Waals surface area contributed by atoms with Gasteiger partial charge in [-0.25, -0.2) is 0 Å². The van der Waals surface area contributed by atoms with E-state index in [0.717, 1.165) is 16.5 Å². The average molecular weight is 246 g/mol. The molecule has 1 N–H and O–H groups in total. The first-order valence-electron chi connectivity index (χ1n) is 5.61. The van der Waals surface area contributed by atoms with E-state index >= 15 is 0 Å². The van der Waals surface area contributed by atoms with Crippen molar-refractivity contribution in [2.75, 3.05) is 13.7 Å². The van der Waals surface area contributed by atoms with Gasteiger partial charge in [-0.3, -0.25) is 4.79 Å². The second-order valence-corrected chi connectivity index (χ2v) is 3.87. The third-order valence-corrected chi connectivity index (χ3v) is 2.60. The standard InChI is InChI=1S/C14H14O4/c1-17-12-4-2-11-9-13(5-3-10(11)8-12)18-7-6-14(15)16/h2-5,8-9H,6-7H2,1H3,(H,15,16). The third-order valence-electron chi connectivity index (χ3n) is 2.60. The van der Waals surface area contributed by atoms with Crippen molar-refractivity contribution in [2.24, 2.45) is 0 Å². The quantitative estimate of drug-likeness (QED) is 0.881. The zero-order valence-electron chi connectivity index (χ0n) is 10.1. The van der Waals surface area contributed by atoms with E-state index in [0.29, 0.717) is 5.75 Å². The lowest BCUT2D eigenvalue weighted by Crippen LogP contribution is -2.04. The van der Waals surface area contributed by atoms with Crippen molar-refractivity contribution in [1.82, 2.24) is 0 Å². The van der Waals surface area contributed by atoms with Crippen molar-refractivity contribution < 1.29 is 19.4 Å². The molecule has 0 unspecified atom stereocenters. The van der Waals surface area contributed by atoms with Gasteiger partial charge in [-0.2, -0.15) is 0 Å². The van der Waals surface area contributed by atoms with Crippen LogP contribution >= 0.6 is 0 Å². The van der Waals surface area contributed by atoms with Crippen LogP contribution in [-0.2, 0) is 4.79 Å². The van der Waals surface area contributed by atoms with Crippen molar-refractivity contribution in [3.8, 4) is 11.5 Å². The van der Waals surface area contributed by atoms with E-state index in [1.54, 1.807) is 7.11 Å². The molecule has 0 aliphatic heterocycles. The van der Waals surface area contributed by atoms with E-state index in [4.69, 9.17) is 14.6 Å². The molecule has 0 aliphatic rings. The van der Waals surface area contributed by atoms with Gasteiger partial charge in [0.25, 0.3) is 0 Å². The molecule has 0 bridgehead atoms. The van der Waals surface area contributed by atoms with Crippen molar-refractivity contribution >= 4 is 16.7 Å². The molecule has 94 valence electrons. The maximum Gasteiger partial charge on any atom is 0.306 e. The van der Waals surface area contributed by atoms with Gasteiger partial charge in [-0.1, -0.05) is 12.1 Å². The highest BCUT2D eigenvalue weighted by molar-refractivity contribution is 5.85. The summed E-state index contributed by atoms with van der Waals surface area (Å²) in [7, 11) is 1.63. The van der Waals surface area contributed by atoms with Crippen molar-refractivity contribution in [1.29, 1.82) is 0 Å². The van der Waals surface area contributed by atoms with E-state index in [-0.39, 0.29) is 13.0 Å². The Hall–Kier alpha value is -2.23. The van der Waals surface area contributed by atoms with E-state index in [2.05, 4.69) is 0 Å². The fourth-order valence-corrected chi connectivity index (χ4v) is 1.67. The predicted octanol–water partition coefficient (Wildman–Crippen LogP) is 2.70. The number of carboxylic acid groups (broad SMARTS) is 1. The van der Waals surface area contributed by atoms with Crippen LogP contribution < -0.4 is 9.47 Å². The number of hydrogen-bond acceptors (Lipinski definition) is 3. The summed E-state index contributed by atoms with van der Waals surface area (Å²) in [5.41, 5.74) is 0. The van der Waals surface area contributed by atoms with Gasteiger partial charge in [-0.15, -0.1) is 0 Å². The molecule has 2 aromatic carbocycles. The Morgan fingerprint density at radius 1 is 1.11 bits per heavy atom. The Bertz CT molecular complexity index is 563. The summed E-state index contributed by atoms with van der Waals surface area (Å²) in [4.78, 5) is 10.4. The number of ether oxygens (including phenoxy) is 2. The number of methoxy groups -OCH3 is 1. The van der Waals surface area contributed by atoms with Crippen LogP contribution in [0.25, 0.3) is 10.8 Å². The summed E-state index contributed by atoms with van der Waals surface area (Å²) in [6, 6.07) is 11.4. The number of aliphatic carboxylic acids is 1. The molecular formula is C14H14O4. The molecule has 0 heterocycles. The second kappa shape index (κ2) is 5.40. The highest BCUT2D eigenvalue weighted by Gasteiger charge is 2.01. The third kappa shape index (κ3) is 2.91. The number of benzene rings is 2. The Balaban J connectivity index is 2.15.